The van der Waals surface area contributed by atoms with E-state index in [0.717, 1.165) is 12.1 Å². The molecular formula is C23H15F3N2O. The first kappa shape index (κ1) is 18.7. The molecule has 0 saturated heterocycles. The lowest BCUT2D eigenvalue weighted by Crippen LogP contribution is -2.23. The van der Waals surface area contributed by atoms with E-state index in [1.807, 2.05) is 0 Å². The number of rotatable bonds is 3. The zero-order chi connectivity index (χ0) is 20.5. The van der Waals surface area contributed by atoms with Gasteiger partial charge in [0.05, 0.1) is 16.6 Å². The lowest BCUT2D eigenvalue weighted by atomic mass is 10.1. The number of aryl methyl sites for hydroxylation is 1. The highest BCUT2D eigenvalue weighted by atomic mass is 19.2. The number of nitrogens with zero attached hydrogens (tertiary/aromatic N) is 2. The molecule has 0 aliphatic heterocycles. The van der Waals surface area contributed by atoms with Crippen molar-refractivity contribution in [3.63, 3.8) is 0 Å². The van der Waals surface area contributed by atoms with Gasteiger partial charge in [-0.15, -0.1) is 0 Å². The fourth-order valence-electron chi connectivity index (χ4n) is 3.10. The summed E-state index contributed by atoms with van der Waals surface area (Å²) in [6.45, 7) is 1.76. The largest absolute Gasteiger partial charge is 0.268 e. The topological polar surface area (TPSA) is 34.9 Å². The Bertz CT molecular complexity index is 1330. The third-order valence-electron chi connectivity index (χ3n) is 4.58. The summed E-state index contributed by atoms with van der Waals surface area (Å²) in [6, 6.07) is 14.5. The molecule has 0 fully saturated rings. The van der Waals surface area contributed by atoms with E-state index in [4.69, 9.17) is 0 Å². The van der Waals surface area contributed by atoms with Gasteiger partial charge in [-0.05, 0) is 60.5 Å². The molecule has 0 amide bonds. The maximum atomic E-state index is 13.9. The number of halogens is 3. The van der Waals surface area contributed by atoms with Gasteiger partial charge in [0.2, 0.25) is 0 Å². The summed E-state index contributed by atoms with van der Waals surface area (Å²) >= 11 is 0. The molecule has 144 valence electrons. The fourth-order valence-corrected chi connectivity index (χ4v) is 3.10. The Balaban J connectivity index is 1.96. The average Bonchev–Trinajstić information content (AvgIpc) is 2.71. The lowest BCUT2D eigenvalue weighted by Gasteiger charge is -2.14. The molecule has 0 spiro atoms. The third kappa shape index (κ3) is 3.57. The molecule has 0 bridgehead atoms. The van der Waals surface area contributed by atoms with Crippen LogP contribution in [-0.4, -0.2) is 9.55 Å². The van der Waals surface area contributed by atoms with E-state index in [0.29, 0.717) is 27.7 Å². The number of fused-ring (bicyclic) bond motifs is 1. The predicted octanol–water partition coefficient (Wildman–Crippen LogP) is 5.28. The number of benzene rings is 3. The number of hydrogen-bond acceptors (Lipinski definition) is 2. The molecule has 0 aliphatic rings. The second kappa shape index (κ2) is 7.39. The van der Waals surface area contributed by atoms with Gasteiger partial charge >= 0.3 is 0 Å². The Kier molecular flexibility index (Phi) is 4.76. The van der Waals surface area contributed by atoms with Crippen LogP contribution in [0.1, 0.15) is 17.0 Å². The molecule has 4 rings (SSSR count). The Morgan fingerprint density at radius 2 is 1.69 bits per heavy atom. The molecule has 0 radical (unpaired) electrons. The van der Waals surface area contributed by atoms with E-state index in [9.17, 15) is 18.0 Å². The highest BCUT2D eigenvalue weighted by molar-refractivity contribution is 5.80. The molecule has 1 heterocycles. The smallest absolute Gasteiger partial charge is 0.266 e. The first-order chi connectivity index (χ1) is 13.9. The van der Waals surface area contributed by atoms with Crippen LogP contribution in [0.25, 0.3) is 28.7 Å². The van der Waals surface area contributed by atoms with Gasteiger partial charge in [-0.25, -0.2) is 18.2 Å². The number of para-hydroxylation sites is 1. The Hall–Kier alpha value is -3.67. The summed E-state index contributed by atoms with van der Waals surface area (Å²) < 4.78 is 41.9. The predicted molar refractivity (Wildman–Crippen MR) is 107 cm³/mol. The molecule has 6 heteroatoms. The van der Waals surface area contributed by atoms with E-state index in [1.54, 1.807) is 37.3 Å². The van der Waals surface area contributed by atoms with E-state index in [2.05, 4.69) is 4.98 Å². The molecule has 29 heavy (non-hydrogen) atoms. The molecular weight excluding hydrogens is 377 g/mol. The monoisotopic (exact) mass is 392 g/mol. The van der Waals surface area contributed by atoms with Crippen molar-refractivity contribution in [3.8, 4) is 5.69 Å². The normalized spacial score (nSPS) is 11.4. The minimum absolute atomic E-state index is 0.243. The zero-order valence-electron chi connectivity index (χ0n) is 15.4. The molecule has 4 aromatic rings. The van der Waals surface area contributed by atoms with Crippen LogP contribution in [0.2, 0.25) is 0 Å². The quantitative estimate of drug-likeness (QED) is 0.475. The molecule has 0 saturated carbocycles. The van der Waals surface area contributed by atoms with Gasteiger partial charge in [-0.3, -0.25) is 9.36 Å². The van der Waals surface area contributed by atoms with Crippen LogP contribution in [0, 0.1) is 24.4 Å². The highest BCUT2D eigenvalue weighted by Gasteiger charge is 2.13. The maximum absolute atomic E-state index is 13.9. The van der Waals surface area contributed by atoms with Crippen molar-refractivity contribution < 1.29 is 13.2 Å². The van der Waals surface area contributed by atoms with Crippen molar-refractivity contribution in [2.45, 2.75) is 6.92 Å². The second-order valence-corrected chi connectivity index (χ2v) is 6.57. The van der Waals surface area contributed by atoms with Crippen molar-refractivity contribution in [2.75, 3.05) is 0 Å². The molecule has 0 aliphatic carbocycles. The Morgan fingerprint density at radius 3 is 2.48 bits per heavy atom. The van der Waals surface area contributed by atoms with E-state index >= 15 is 0 Å². The van der Waals surface area contributed by atoms with Crippen LogP contribution >= 0.6 is 0 Å². The maximum Gasteiger partial charge on any atom is 0.266 e. The first-order valence-electron chi connectivity index (χ1n) is 8.85. The van der Waals surface area contributed by atoms with Crippen LogP contribution in [0.3, 0.4) is 0 Å². The molecule has 3 nitrogen and oxygen atoms in total. The van der Waals surface area contributed by atoms with Crippen LogP contribution < -0.4 is 5.56 Å². The van der Waals surface area contributed by atoms with Crippen molar-refractivity contribution in [3.05, 3.63) is 105 Å². The summed E-state index contributed by atoms with van der Waals surface area (Å²) in [6.07, 6.45) is 3.04. The third-order valence-corrected chi connectivity index (χ3v) is 4.58. The van der Waals surface area contributed by atoms with Gasteiger partial charge in [-0.2, -0.15) is 0 Å². The molecule has 3 aromatic carbocycles. The molecule has 0 atom stereocenters. The van der Waals surface area contributed by atoms with Crippen molar-refractivity contribution >= 4 is 23.1 Å². The van der Waals surface area contributed by atoms with Gasteiger partial charge in [0.1, 0.15) is 11.6 Å². The second-order valence-electron chi connectivity index (χ2n) is 6.57. The summed E-state index contributed by atoms with van der Waals surface area (Å²) in [5.41, 5.74) is 1.57. The van der Waals surface area contributed by atoms with E-state index in [-0.39, 0.29) is 11.4 Å². The van der Waals surface area contributed by atoms with Gasteiger partial charge in [0.15, 0.2) is 11.6 Å². The van der Waals surface area contributed by atoms with Crippen molar-refractivity contribution in [2.24, 2.45) is 0 Å². The van der Waals surface area contributed by atoms with Crippen LogP contribution in [0.15, 0.2) is 65.5 Å². The minimum atomic E-state index is -0.975. The van der Waals surface area contributed by atoms with Crippen LogP contribution in [0.5, 0.6) is 0 Å². The van der Waals surface area contributed by atoms with Crippen LogP contribution in [-0.2, 0) is 0 Å². The molecule has 0 N–H and O–H groups in total. The van der Waals surface area contributed by atoms with Gasteiger partial charge in [-0.1, -0.05) is 30.3 Å². The average molecular weight is 392 g/mol. The SMILES string of the molecule is Cc1ccc(F)cc1-n1c(C=Cc2ccc(F)c(F)c2)nc2ccccc2c1=O. The summed E-state index contributed by atoms with van der Waals surface area (Å²) in [7, 11) is 0. The summed E-state index contributed by atoms with van der Waals surface area (Å²) in [5, 5.41) is 0.390. The Labute approximate surface area is 164 Å². The standard InChI is InChI=1S/C23H15F3N2O/c1-14-6-9-16(24)13-21(14)28-22(11-8-15-7-10-18(25)19(26)12-15)27-20-5-3-2-4-17(20)23(28)29/h2-13H,1H3. The lowest BCUT2D eigenvalue weighted by molar-refractivity contribution is 0.508. The van der Waals surface area contributed by atoms with Crippen molar-refractivity contribution in [1.82, 2.24) is 9.55 Å². The highest BCUT2D eigenvalue weighted by Crippen LogP contribution is 2.19. The summed E-state index contributed by atoms with van der Waals surface area (Å²) in [5.74, 6) is -2.16. The zero-order valence-corrected chi connectivity index (χ0v) is 15.4. The van der Waals surface area contributed by atoms with E-state index < -0.39 is 17.5 Å². The van der Waals surface area contributed by atoms with Gasteiger partial charge in [0, 0.05) is 0 Å². The molecule has 1 aromatic heterocycles. The molecule has 0 unspecified atom stereocenters. The Morgan fingerprint density at radius 1 is 0.897 bits per heavy atom. The van der Waals surface area contributed by atoms with Gasteiger partial charge < -0.3 is 0 Å². The van der Waals surface area contributed by atoms with Gasteiger partial charge in [0.25, 0.3) is 5.56 Å². The van der Waals surface area contributed by atoms with Crippen molar-refractivity contribution in [1.29, 1.82) is 0 Å². The summed E-state index contributed by atoms with van der Waals surface area (Å²) in [4.78, 5) is 17.7. The first-order valence-corrected chi connectivity index (χ1v) is 8.85. The van der Waals surface area contributed by atoms with E-state index in [1.165, 1.54) is 34.9 Å². The fraction of sp³-hybridized carbons (Fsp3) is 0.0435. The number of aromatic nitrogens is 2. The van der Waals surface area contributed by atoms with Crippen LogP contribution in [0.4, 0.5) is 13.2 Å². The number of hydrogen-bond donors (Lipinski definition) is 0. The minimum Gasteiger partial charge on any atom is -0.268 e.